The van der Waals surface area contributed by atoms with Gasteiger partial charge in [-0.2, -0.15) is 11.8 Å². The quantitative estimate of drug-likeness (QED) is 0.443. The number of thioether (sulfide) groups is 1. The molecule has 0 aromatic carbocycles. The largest absolute Gasteiger partial charge is 0.357 e. The second-order valence-electron chi connectivity index (χ2n) is 6.77. The maximum Gasteiger partial charge on any atom is 0.191 e. The molecule has 2 unspecified atom stereocenters. The predicted molar refractivity (Wildman–Crippen MR) is 110 cm³/mol. The number of fused-ring (bicyclic) bond motifs is 1. The van der Waals surface area contributed by atoms with E-state index in [1.807, 2.05) is 36.2 Å². The second kappa shape index (κ2) is 9.80. The van der Waals surface area contributed by atoms with Gasteiger partial charge in [0.2, 0.25) is 0 Å². The highest BCUT2D eigenvalue weighted by Gasteiger charge is 2.21. The van der Waals surface area contributed by atoms with Crippen LogP contribution in [0.15, 0.2) is 29.4 Å². The number of nitrogens with one attached hydrogen (secondary N) is 2. The smallest absolute Gasteiger partial charge is 0.191 e. The van der Waals surface area contributed by atoms with Crippen LogP contribution < -0.4 is 10.6 Å². The number of aryl methyl sites for hydroxylation is 1. The first-order valence-electron chi connectivity index (χ1n) is 9.66. The molecule has 7 heteroatoms. The van der Waals surface area contributed by atoms with Crippen LogP contribution in [0.5, 0.6) is 0 Å². The normalized spacial score (nSPS) is 21.1. The van der Waals surface area contributed by atoms with Gasteiger partial charge in [-0.15, -0.1) is 10.2 Å². The fraction of sp³-hybridized carbons (Fsp3) is 0.632. The zero-order chi connectivity index (χ0) is 18.2. The lowest BCUT2D eigenvalue weighted by Crippen LogP contribution is -2.45. The average Bonchev–Trinajstić information content (AvgIpc) is 3.09. The molecule has 0 bridgehead atoms. The van der Waals surface area contributed by atoms with Gasteiger partial charge in [0.25, 0.3) is 0 Å². The van der Waals surface area contributed by atoms with Crippen molar-refractivity contribution in [1.29, 1.82) is 0 Å². The molecule has 1 aliphatic carbocycles. The Labute approximate surface area is 160 Å². The molecule has 2 atom stereocenters. The summed E-state index contributed by atoms with van der Waals surface area (Å²) in [4.78, 5) is 4.77. The number of hydrogen-bond acceptors (Lipinski definition) is 4. The number of guanidine groups is 1. The molecule has 0 spiro atoms. The van der Waals surface area contributed by atoms with Crippen molar-refractivity contribution in [1.82, 2.24) is 25.2 Å². The summed E-state index contributed by atoms with van der Waals surface area (Å²) < 4.78 is 2.05. The lowest BCUT2D eigenvalue weighted by Gasteiger charge is -2.29. The number of aromatic nitrogens is 3. The van der Waals surface area contributed by atoms with Crippen LogP contribution in [0.3, 0.4) is 0 Å². The summed E-state index contributed by atoms with van der Waals surface area (Å²) in [6, 6.07) is 6.52. The summed E-state index contributed by atoms with van der Waals surface area (Å²) in [7, 11) is 0. The average molecular weight is 375 g/mol. The van der Waals surface area contributed by atoms with Gasteiger partial charge in [0.05, 0.1) is 0 Å². The number of rotatable bonds is 7. The third-order valence-corrected chi connectivity index (χ3v) is 5.95. The van der Waals surface area contributed by atoms with E-state index < -0.39 is 0 Å². The van der Waals surface area contributed by atoms with Crippen LogP contribution in [0.1, 0.15) is 44.9 Å². The maximum absolute atomic E-state index is 4.77. The summed E-state index contributed by atoms with van der Waals surface area (Å²) in [5.41, 5.74) is 0.904. The van der Waals surface area contributed by atoms with Crippen molar-refractivity contribution < 1.29 is 0 Å². The van der Waals surface area contributed by atoms with E-state index in [-0.39, 0.29) is 0 Å². The molecule has 6 nitrogen and oxygen atoms in total. The Bertz CT molecular complexity index is 713. The van der Waals surface area contributed by atoms with Crippen LogP contribution in [-0.2, 0) is 6.42 Å². The highest BCUT2D eigenvalue weighted by atomic mass is 32.2. The molecule has 2 N–H and O–H groups in total. The Morgan fingerprint density at radius 1 is 1.35 bits per heavy atom. The minimum absolute atomic E-state index is 0.541. The van der Waals surface area contributed by atoms with E-state index in [0.29, 0.717) is 6.04 Å². The topological polar surface area (TPSA) is 66.6 Å². The fourth-order valence-corrected chi connectivity index (χ4v) is 4.32. The van der Waals surface area contributed by atoms with E-state index >= 15 is 0 Å². The molecule has 0 radical (unpaired) electrons. The highest BCUT2D eigenvalue weighted by molar-refractivity contribution is 7.99. The number of aliphatic imine (C=N–C) groups is 1. The van der Waals surface area contributed by atoms with E-state index in [9.17, 15) is 0 Å². The van der Waals surface area contributed by atoms with Crippen molar-refractivity contribution >= 4 is 23.4 Å². The Kier molecular flexibility index (Phi) is 7.17. The van der Waals surface area contributed by atoms with Crippen LogP contribution >= 0.6 is 11.8 Å². The van der Waals surface area contributed by atoms with Gasteiger partial charge in [-0.1, -0.05) is 12.5 Å². The molecule has 2 aromatic rings. The van der Waals surface area contributed by atoms with E-state index in [1.165, 1.54) is 25.7 Å². The predicted octanol–water partition coefficient (Wildman–Crippen LogP) is 2.89. The fourth-order valence-electron chi connectivity index (χ4n) is 3.49. The van der Waals surface area contributed by atoms with Gasteiger partial charge < -0.3 is 10.6 Å². The molecule has 0 saturated heterocycles. The lowest BCUT2D eigenvalue weighted by atomic mass is 9.95. The second-order valence-corrected chi connectivity index (χ2v) is 7.91. The zero-order valence-corrected chi connectivity index (χ0v) is 16.6. The molecule has 1 fully saturated rings. The first-order chi connectivity index (χ1) is 12.8. The van der Waals surface area contributed by atoms with Gasteiger partial charge in [-0.25, -0.2) is 0 Å². The van der Waals surface area contributed by atoms with Gasteiger partial charge in [0, 0.05) is 37.0 Å². The summed E-state index contributed by atoms with van der Waals surface area (Å²) in [6.45, 7) is 3.79. The summed E-state index contributed by atoms with van der Waals surface area (Å²) in [5, 5.41) is 16.3. The van der Waals surface area contributed by atoms with Crippen molar-refractivity contribution in [2.75, 3.05) is 19.3 Å². The molecule has 2 aromatic heterocycles. The Morgan fingerprint density at radius 3 is 3.12 bits per heavy atom. The molecule has 0 aliphatic heterocycles. The van der Waals surface area contributed by atoms with Crippen LogP contribution in [0.4, 0.5) is 0 Å². The van der Waals surface area contributed by atoms with E-state index in [1.54, 1.807) is 0 Å². The van der Waals surface area contributed by atoms with Gasteiger partial charge in [-0.05, 0) is 51.0 Å². The van der Waals surface area contributed by atoms with Crippen molar-refractivity contribution in [2.24, 2.45) is 4.99 Å². The van der Waals surface area contributed by atoms with Crippen molar-refractivity contribution in [3.05, 3.63) is 30.2 Å². The third-order valence-electron chi connectivity index (χ3n) is 4.86. The molecule has 26 heavy (non-hydrogen) atoms. The van der Waals surface area contributed by atoms with Crippen LogP contribution in [0.25, 0.3) is 5.65 Å². The standard InChI is InChI=1S/C19H30N6S/c1-3-20-19(22-15-8-6-9-16(14-15)26-2)21-12-7-11-18-24-23-17-10-4-5-13-25(17)18/h4-5,10,13,15-16H,3,6-9,11-12,14H2,1-2H3,(H2,20,21,22). The van der Waals surface area contributed by atoms with E-state index in [2.05, 4.69) is 38.4 Å². The van der Waals surface area contributed by atoms with Crippen molar-refractivity contribution in [3.8, 4) is 0 Å². The molecular weight excluding hydrogens is 344 g/mol. The highest BCUT2D eigenvalue weighted by Crippen LogP contribution is 2.26. The Hall–Kier alpha value is -1.76. The first-order valence-corrected chi connectivity index (χ1v) is 10.9. The monoisotopic (exact) mass is 374 g/mol. The van der Waals surface area contributed by atoms with Gasteiger partial charge in [0.15, 0.2) is 11.6 Å². The molecule has 1 aliphatic rings. The van der Waals surface area contributed by atoms with Gasteiger partial charge >= 0.3 is 0 Å². The molecule has 142 valence electrons. The molecule has 2 heterocycles. The summed E-state index contributed by atoms with van der Waals surface area (Å²) in [5.74, 6) is 1.95. The summed E-state index contributed by atoms with van der Waals surface area (Å²) in [6.07, 6.45) is 11.2. The molecule has 0 amide bonds. The minimum Gasteiger partial charge on any atom is -0.357 e. The zero-order valence-electron chi connectivity index (χ0n) is 15.8. The first kappa shape index (κ1) is 19.0. The van der Waals surface area contributed by atoms with Gasteiger partial charge in [0.1, 0.15) is 5.82 Å². The number of nitrogens with zero attached hydrogens (tertiary/aromatic N) is 4. The van der Waals surface area contributed by atoms with Crippen molar-refractivity contribution in [2.45, 2.75) is 56.7 Å². The van der Waals surface area contributed by atoms with E-state index in [4.69, 9.17) is 4.99 Å². The Morgan fingerprint density at radius 2 is 2.27 bits per heavy atom. The number of hydrogen-bond donors (Lipinski definition) is 2. The minimum atomic E-state index is 0.541. The van der Waals surface area contributed by atoms with Crippen LogP contribution in [0, 0.1) is 0 Å². The van der Waals surface area contributed by atoms with Crippen LogP contribution in [-0.4, -0.2) is 51.2 Å². The Balaban J connectivity index is 1.50. The third kappa shape index (κ3) is 5.13. The number of pyridine rings is 1. The molecular formula is C19H30N6S. The van der Waals surface area contributed by atoms with E-state index in [0.717, 1.165) is 48.6 Å². The van der Waals surface area contributed by atoms with Crippen molar-refractivity contribution in [3.63, 3.8) is 0 Å². The maximum atomic E-state index is 4.77. The van der Waals surface area contributed by atoms with Gasteiger partial charge in [-0.3, -0.25) is 9.39 Å². The molecule has 3 rings (SSSR count). The SMILES string of the molecule is CCNC(=NCCCc1nnc2ccccn12)NC1CCCC(SC)C1. The lowest BCUT2D eigenvalue weighted by molar-refractivity contribution is 0.419. The molecule has 1 saturated carbocycles. The van der Waals surface area contributed by atoms with Crippen LogP contribution in [0.2, 0.25) is 0 Å². The summed E-state index contributed by atoms with van der Waals surface area (Å²) >= 11 is 2.00.